The number of rotatable bonds is 22. The van der Waals surface area contributed by atoms with Gasteiger partial charge in [-0.15, -0.1) is 0 Å². The Morgan fingerprint density at radius 3 is 1.93 bits per heavy atom. The molecule has 0 saturated heterocycles. The van der Waals surface area contributed by atoms with E-state index < -0.39 is 78.7 Å². The van der Waals surface area contributed by atoms with Crippen LogP contribution in [0.1, 0.15) is 57.9 Å². The highest BCUT2D eigenvalue weighted by molar-refractivity contribution is 5.94. The Morgan fingerprint density at radius 2 is 1.35 bits per heavy atom. The second-order valence-corrected chi connectivity index (χ2v) is 11.2. The highest BCUT2D eigenvalue weighted by atomic mass is 16.4. The summed E-state index contributed by atoms with van der Waals surface area (Å²) >= 11 is 0. The van der Waals surface area contributed by atoms with Crippen LogP contribution in [0.2, 0.25) is 0 Å². The Bertz CT molecular complexity index is 1180. The third kappa shape index (κ3) is 16.5. The lowest BCUT2D eigenvalue weighted by Gasteiger charge is -2.25. The molecule has 256 valence electrons. The first kappa shape index (κ1) is 39.5. The van der Waals surface area contributed by atoms with Crippen LogP contribution >= 0.6 is 0 Å². The number of carboxylic acids is 2. The van der Waals surface area contributed by atoms with Crippen LogP contribution in [0.15, 0.2) is 30.3 Å². The maximum Gasteiger partial charge on any atom is 0.326 e. The van der Waals surface area contributed by atoms with Crippen molar-refractivity contribution in [3.05, 3.63) is 35.9 Å². The average Bonchev–Trinajstić information content (AvgIpc) is 3.00. The molecule has 0 radical (unpaired) electrons. The SMILES string of the molecule is CC(C)C[C@H](NC(=O)[C@H](Cc1ccccc1)NC(=O)CNC(=O)CNC(=O)[C@@H](N)CCC(=O)O)C(=O)N[C@@H](CCCCN)C(=O)O. The van der Waals surface area contributed by atoms with Crippen LogP contribution in [-0.4, -0.2) is 95.5 Å². The smallest absolute Gasteiger partial charge is 0.326 e. The fourth-order valence-corrected chi connectivity index (χ4v) is 4.25. The molecule has 0 heterocycles. The van der Waals surface area contributed by atoms with Gasteiger partial charge in [0, 0.05) is 12.8 Å². The van der Waals surface area contributed by atoms with Crippen molar-refractivity contribution in [1.82, 2.24) is 26.6 Å². The van der Waals surface area contributed by atoms with E-state index in [2.05, 4.69) is 26.6 Å². The Morgan fingerprint density at radius 1 is 0.739 bits per heavy atom. The molecule has 1 aromatic rings. The molecule has 1 aromatic carbocycles. The molecule has 1 rings (SSSR count). The van der Waals surface area contributed by atoms with Crippen molar-refractivity contribution in [1.29, 1.82) is 0 Å². The summed E-state index contributed by atoms with van der Waals surface area (Å²) in [7, 11) is 0. The highest BCUT2D eigenvalue weighted by Gasteiger charge is 2.30. The largest absolute Gasteiger partial charge is 0.481 e. The Balaban J connectivity index is 2.91. The highest BCUT2D eigenvalue weighted by Crippen LogP contribution is 2.10. The van der Waals surface area contributed by atoms with Crippen molar-refractivity contribution in [2.75, 3.05) is 19.6 Å². The molecule has 0 aliphatic heterocycles. The van der Waals surface area contributed by atoms with E-state index in [4.69, 9.17) is 16.6 Å². The number of carbonyl (C=O) groups excluding carboxylic acids is 5. The van der Waals surface area contributed by atoms with Crippen LogP contribution in [0, 0.1) is 5.92 Å². The number of carboxylic acid groups (broad SMARTS) is 2. The van der Waals surface area contributed by atoms with Gasteiger partial charge in [-0.3, -0.25) is 28.8 Å². The summed E-state index contributed by atoms with van der Waals surface area (Å²) in [6, 6.07) is 4.21. The van der Waals surface area contributed by atoms with Crippen molar-refractivity contribution in [3.63, 3.8) is 0 Å². The number of aliphatic carboxylic acids is 2. The van der Waals surface area contributed by atoms with Crippen LogP contribution in [0.25, 0.3) is 0 Å². The number of carbonyl (C=O) groups is 7. The first-order chi connectivity index (χ1) is 21.7. The zero-order valence-corrected chi connectivity index (χ0v) is 26.3. The lowest BCUT2D eigenvalue weighted by molar-refractivity contribution is -0.142. The van der Waals surface area contributed by atoms with E-state index in [1.165, 1.54) is 0 Å². The summed E-state index contributed by atoms with van der Waals surface area (Å²) in [6.07, 6.45) is 1.04. The molecule has 0 aliphatic carbocycles. The molecular weight excluding hydrogens is 602 g/mol. The standard InChI is InChI=1S/C30H47N7O9/c1-18(2)14-22(28(43)36-21(30(45)46)10-6-7-13-31)37-29(44)23(15-19-8-4-3-5-9-19)35-25(39)17-33-24(38)16-34-27(42)20(32)11-12-26(40)41/h3-5,8-9,18,20-23H,6-7,10-17,31-32H2,1-2H3,(H,33,38)(H,34,42)(H,35,39)(H,36,43)(H,37,44)(H,40,41)(H,45,46)/t20-,21-,22-,23-/m0/s1. The van der Waals surface area contributed by atoms with E-state index >= 15 is 0 Å². The average molecular weight is 650 g/mol. The van der Waals surface area contributed by atoms with Gasteiger partial charge in [0.2, 0.25) is 29.5 Å². The Labute approximate surface area is 267 Å². The molecule has 16 heteroatoms. The normalized spacial score (nSPS) is 13.4. The summed E-state index contributed by atoms with van der Waals surface area (Å²) < 4.78 is 0. The van der Waals surface area contributed by atoms with Crippen molar-refractivity contribution < 1.29 is 43.8 Å². The second-order valence-electron chi connectivity index (χ2n) is 11.2. The van der Waals surface area contributed by atoms with Gasteiger partial charge in [0.05, 0.1) is 19.1 Å². The van der Waals surface area contributed by atoms with Gasteiger partial charge in [0.25, 0.3) is 0 Å². The summed E-state index contributed by atoms with van der Waals surface area (Å²) in [5, 5.41) is 30.5. The van der Waals surface area contributed by atoms with Crippen molar-refractivity contribution in [3.8, 4) is 0 Å². The number of nitrogens with one attached hydrogen (secondary N) is 5. The molecule has 0 fully saturated rings. The molecule has 5 amide bonds. The van der Waals surface area contributed by atoms with Crippen molar-refractivity contribution >= 4 is 41.5 Å². The van der Waals surface area contributed by atoms with Crippen LogP contribution in [0.5, 0.6) is 0 Å². The number of nitrogens with two attached hydrogens (primary N) is 2. The topological polar surface area (TPSA) is 272 Å². The number of unbranched alkanes of at least 4 members (excludes halogenated alkanes) is 1. The molecule has 0 spiro atoms. The number of hydrogen-bond donors (Lipinski definition) is 9. The van der Waals surface area contributed by atoms with Gasteiger partial charge in [0.1, 0.15) is 18.1 Å². The maximum atomic E-state index is 13.5. The molecule has 46 heavy (non-hydrogen) atoms. The van der Waals surface area contributed by atoms with Crippen molar-refractivity contribution in [2.24, 2.45) is 17.4 Å². The van der Waals surface area contributed by atoms with Crippen molar-refractivity contribution in [2.45, 2.75) is 83.0 Å². The van der Waals surface area contributed by atoms with E-state index in [0.29, 0.717) is 24.9 Å². The summed E-state index contributed by atoms with van der Waals surface area (Å²) in [5.74, 6) is -5.95. The van der Waals surface area contributed by atoms with Gasteiger partial charge in [0.15, 0.2) is 0 Å². The molecule has 0 saturated carbocycles. The fourth-order valence-electron chi connectivity index (χ4n) is 4.25. The molecule has 0 unspecified atom stereocenters. The molecule has 11 N–H and O–H groups in total. The minimum absolute atomic E-state index is 0.0451. The third-order valence-electron chi connectivity index (χ3n) is 6.71. The summed E-state index contributed by atoms with van der Waals surface area (Å²) in [4.78, 5) is 85.9. The summed E-state index contributed by atoms with van der Waals surface area (Å²) in [6.45, 7) is 2.99. The molecule has 4 atom stereocenters. The van der Waals surface area contributed by atoms with Crippen LogP contribution in [0.3, 0.4) is 0 Å². The third-order valence-corrected chi connectivity index (χ3v) is 6.71. The Kier molecular flexibility index (Phi) is 18.2. The predicted octanol–water partition coefficient (Wildman–Crippen LogP) is -1.63. The Hall–Kier alpha value is -4.57. The minimum Gasteiger partial charge on any atom is -0.481 e. The first-order valence-electron chi connectivity index (χ1n) is 15.1. The lowest BCUT2D eigenvalue weighted by atomic mass is 10.0. The predicted molar refractivity (Wildman–Crippen MR) is 167 cm³/mol. The van der Waals surface area contributed by atoms with E-state index in [-0.39, 0.29) is 38.0 Å². The first-order valence-corrected chi connectivity index (χ1v) is 15.1. The van der Waals surface area contributed by atoms with Crippen LogP contribution in [-0.2, 0) is 40.0 Å². The van der Waals surface area contributed by atoms with Gasteiger partial charge in [-0.05, 0) is 50.1 Å². The van der Waals surface area contributed by atoms with E-state index in [9.17, 15) is 38.7 Å². The zero-order chi connectivity index (χ0) is 34.6. The number of benzene rings is 1. The second kappa shape index (κ2) is 21.2. The minimum atomic E-state index is -1.21. The summed E-state index contributed by atoms with van der Waals surface area (Å²) in [5.41, 5.74) is 11.8. The zero-order valence-electron chi connectivity index (χ0n) is 26.3. The van der Waals surface area contributed by atoms with Gasteiger partial charge in [-0.1, -0.05) is 44.2 Å². The number of amides is 5. The van der Waals surface area contributed by atoms with Crippen LogP contribution in [0.4, 0.5) is 0 Å². The monoisotopic (exact) mass is 649 g/mol. The molecule has 16 nitrogen and oxygen atoms in total. The maximum absolute atomic E-state index is 13.5. The number of hydrogen-bond acceptors (Lipinski definition) is 9. The molecular formula is C30H47N7O9. The lowest BCUT2D eigenvalue weighted by Crippen LogP contribution is -2.57. The van der Waals surface area contributed by atoms with Crippen LogP contribution < -0.4 is 38.1 Å². The fraction of sp³-hybridized carbons (Fsp3) is 0.567. The van der Waals surface area contributed by atoms with E-state index in [1.54, 1.807) is 30.3 Å². The van der Waals surface area contributed by atoms with E-state index in [1.807, 2.05) is 13.8 Å². The van der Waals surface area contributed by atoms with Gasteiger partial charge in [-0.25, -0.2) is 4.79 Å². The molecule has 0 aliphatic rings. The van der Waals surface area contributed by atoms with E-state index in [0.717, 1.165) is 0 Å². The quantitative estimate of drug-likeness (QED) is 0.0643. The van der Waals surface area contributed by atoms with Gasteiger partial charge >= 0.3 is 11.9 Å². The molecule has 0 bridgehead atoms. The van der Waals surface area contributed by atoms with Gasteiger partial charge < -0.3 is 48.3 Å². The molecule has 0 aromatic heterocycles. The van der Waals surface area contributed by atoms with Gasteiger partial charge in [-0.2, -0.15) is 0 Å².